The summed E-state index contributed by atoms with van der Waals surface area (Å²) in [6.07, 6.45) is 8.17. The molecule has 0 aliphatic heterocycles. The average molecular weight is 484 g/mol. The van der Waals surface area contributed by atoms with E-state index in [1.54, 1.807) is 7.11 Å². The summed E-state index contributed by atoms with van der Waals surface area (Å²) in [5, 5.41) is 4.05. The molecular formula is C27H34BrNO2. The van der Waals surface area contributed by atoms with Gasteiger partial charge >= 0.3 is 0 Å². The molecule has 2 unspecified atom stereocenters. The zero-order valence-corrected chi connectivity index (χ0v) is 20.6. The number of nitrogens with one attached hydrogen (secondary N) is 1. The van der Waals surface area contributed by atoms with Crippen LogP contribution in [0.2, 0.25) is 0 Å². The van der Waals surface area contributed by atoms with Gasteiger partial charge in [0.2, 0.25) is 0 Å². The van der Waals surface area contributed by atoms with Crippen LogP contribution in [-0.4, -0.2) is 12.6 Å². The topological polar surface area (TPSA) is 30.5 Å². The Morgan fingerprint density at radius 3 is 2.35 bits per heavy atom. The Balaban J connectivity index is 1.38. The van der Waals surface area contributed by atoms with E-state index in [4.69, 9.17) is 9.47 Å². The van der Waals surface area contributed by atoms with E-state index in [0.29, 0.717) is 17.4 Å². The monoisotopic (exact) mass is 483 g/mol. The van der Waals surface area contributed by atoms with Gasteiger partial charge in [-0.1, -0.05) is 60.1 Å². The van der Waals surface area contributed by atoms with Crippen molar-refractivity contribution in [2.75, 3.05) is 7.11 Å². The summed E-state index contributed by atoms with van der Waals surface area (Å²) < 4.78 is 13.1. The number of benzene rings is 2. The van der Waals surface area contributed by atoms with Crippen molar-refractivity contribution in [2.45, 2.75) is 71.1 Å². The van der Waals surface area contributed by atoms with Crippen molar-refractivity contribution >= 4 is 15.9 Å². The zero-order chi connectivity index (χ0) is 21.7. The molecule has 0 spiro atoms. The van der Waals surface area contributed by atoms with Crippen molar-refractivity contribution < 1.29 is 9.47 Å². The number of halogens is 1. The first-order valence-corrected chi connectivity index (χ1v) is 12.4. The normalized spacial score (nSPS) is 33.5. The third-order valence-corrected chi connectivity index (χ3v) is 8.28. The second kappa shape index (κ2) is 7.81. The summed E-state index contributed by atoms with van der Waals surface area (Å²) in [5.74, 6) is 2.51. The van der Waals surface area contributed by atoms with Crippen molar-refractivity contribution in [1.82, 2.24) is 5.32 Å². The van der Waals surface area contributed by atoms with Crippen LogP contribution < -0.4 is 14.8 Å². The molecule has 4 aliphatic rings. The number of ether oxygens (including phenoxy) is 2. The lowest BCUT2D eigenvalue weighted by Crippen LogP contribution is -2.63. The molecule has 0 heterocycles. The minimum absolute atomic E-state index is 0.259. The molecule has 4 bridgehead atoms. The minimum atomic E-state index is 0.259. The van der Waals surface area contributed by atoms with Crippen LogP contribution in [0.25, 0.3) is 0 Å². The van der Waals surface area contributed by atoms with Crippen molar-refractivity contribution in [3.05, 3.63) is 58.1 Å². The molecule has 1 N–H and O–H groups in total. The van der Waals surface area contributed by atoms with Crippen LogP contribution >= 0.6 is 15.9 Å². The average Bonchev–Trinajstić information content (AvgIpc) is 2.69. The van der Waals surface area contributed by atoms with Crippen LogP contribution in [0.1, 0.15) is 63.5 Å². The standard InChI is InChI=1S/C27H34BrNO2/c1-25-11-20-12-26(2,16-25)18-27(13-20,17-25)29-14-21-9-22(28)10-23(30-3)24(21)31-15-19-7-5-4-6-8-19/h4-10,20,29H,11-18H2,1-3H3. The molecule has 0 radical (unpaired) electrons. The first kappa shape index (κ1) is 21.3. The molecule has 4 saturated carbocycles. The number of hydrogen-bond acceptors (Lipinski definition) is 3. The molecular weight excluding hydrogens is 450 g/mol. The molecule has 0 saturated heterocycles. The van der Waals surface area contributed by atoms with Gasteiger partial charge in [0.25, 0.3) is 0 Å². The van der Waals surface area contributed by atoms with E-state index in [1.165, 1.54) is 38.5 Å². The predicted molar refractivity (Wildman–Crippen MR) is 128 cm³/mol. The zero-order valence-electron chi connectivity index (χ0n) is 19.0. The third-order valence-electron chi connectivity index (χ3n) is 7.82. The van der Waals surface area contributed by atoms with Crippen LogP contribution in [0.3, 0.4) is 0 Å². The lowest BCUT2D eigenvalue weighted by Gasteiger charge is -2.65. The highest BCUT2D eigenvalue weighted by Crippen LogP contribution is 2.66. The fourth-order valence-corrected chi connectivity index (χ4v) is 8.21. The molecule has 3 nitrogen and oxygen atoms in total. The van der Waals surface area contributed by atoms with Gasteiger partial charge < -0.3 is 14.8 Å². The SMILES string of the molecule is COc1cc(Br)cc(CNC23CC4CC(C)(CC(C)(C4)C2)C3)c1OCc1ccccc1. The van der Waals surface area contributed by atoms with Gasteiger partial charge in [0.15, 0.2) is 11.5 Å². The fraction of sp³-hybridized carbons (Fsp3) is 0.556. The summed E-state index contributed by atoms with van der Waals surface area (Å²) in [7, 11) is 1.72. The Hall–Kier alpha value is -1.52. The van der Waals surface area contributed by atoms with E-state index >= 15 is 0 Å². The summed E-state index contributed by atoms with van der Waals surface area (Å²) in [6, 6.07) is 14.5. The van der Waals surface area contributed by atoms with Gasteiger partial charge in [0.05, 0.1) is 7.11 Å². The molecule has 4 heteroatoms. The quantitative estimate of drug-likeness (QED) is 0.465. The van der Waals surface area contributed by atoms with Gasteiger partial charge in [-0.25, -0.2) is 0 Å². The summed E-state index contributed by atoms with van der Waals surface area (Å²) in [5.41, 5.74) is 3.59. The molecule has 166 valence electrons. The van der Waals surface area contributed by atoms with Crippen LogP contribution in [0.4, 0.5) is 0 Å². The minimum Gasteiger partial charge on any atom is -0.493 e. The van der Waals surface area contributed by atoms with Crippen LogP contribution in [0.15, 0.2) is 46.9 Å². The van der Waals surface area contributed by atoms with E-state index in [9.17, 15) is 0 Å². The molecule has 0 aromatic heterocycles. The summed E-state index contributed by atoms with van der Waals surface area (Å²) in [4.78, 5) is 0. The van der Waals surface area contributed by atoms with Crippen LogP contribution in [0, 0.1) is 16.7 Å². The molecule has 31 heavy (non-hydrogen) atoms. The van der Waals surface area contributed by atoms with Gasteiger partial charge in [-0.3, -0.25) is 0 Å². The second-order valence-electron chi connectivity index (χ2n) is 11.1. The van der Waals surface area contributed by atoms with Crippen molar-refractivity contribution in [3.63, 3.8) is 0 Å². The van der Waals surface area contributed by atoms with Gasteiger partial charge in [0.1, 0.15) is 6.61 Å². The maximum Gasteiger partial charge on any atom is 0.166 e. The van der Waals surface area contributed by atoms with Crippen molar-refractivity contribution in [3.8, 4) is 11.5 Å². The largest absolute Gasteiger partial charge is 0.493 e. The number of hydrogen-bond donors (Lipinski definition) is 1. The fourth-order valence-electron chi connectivity index (χ4n) is 7.73. The van der Waals surface area contributed by atoms with E-state index in [-0.39, 0.29) is 5.54 Å². The molecule has 2 atom stereocenters. The summed E-state index contributed by atoms with van der Waals surface area (Å²) >= 11 is 3.67. The van der Waals surface area contributed by atoms with Crippen LogP contribution in [-0.2, 0) is 13.2 Å². The highest BCUT2D eigenvalue weighted by atomic mass is 79.9. The van der Waals surface area contributed by atoms with Gasteiger partial charge in [0, 0.05) is 22.1 Å². The maximum absolute atomic E-state index is 6.33. The Kier molecular flexibility index (Phi) is 5.37. The number of rotatable bonds is 7. The van der Waals surface area contributed by atoms with E-state index in [0.717, 1.165) is 39.6 Å². The molecule has 2 aromatic rings. The maximum atomic E-state index is 6.33. The Morgan fingerprint density at radius 2 is 1.71 bits per heavy atom. The van der Waals surface area contributed by atoms with Gasteiger partial charge in [-0.2, -0.15) is 0 Å². The predicted octanol–water partition coefficient (Wildman–Crippen LogP) is 6.88. The Bertz CT molecular complexity index is 941. The van der Waals surface area contributed by atoms with E-state index < -0.39 is 0 Å². The first-order chi connectivity index (χ1) is 14.8. The third kappa shape index (κ3) is 4.26. The highest BCUT2D eigenvalue weighted by Gasteiger charge is 2.59. The highest BCUT2D eigenvalue weighted by molar-refractivity contribution is 9.10. The molecule has 4 aliphatic carbocycles. The van der Waals surface area contributed by atoms with Gasteiger partial charge in [-0.15, -0.1) is 0 Å². The molecule has 6 rings (SSSR count). The number of methoxy groups -OCH3 is 1. The Morgan fingerprint density at radius 1 is 1.00 bits per heavy atom. The lowest BCUT2D eigenvalue weighted by atomic mass is 9.43. The first-order valence-electron chi connectivity index (χ1n) is 11.6. The van der Waals surface area contributed by atoms with Gasteiger partial charge in [-0.05, 0) is 73.0 Å². The summed E-state index contributed by atoms with van der Waals surface area (Å²) in [6.45, 7) is 6.40. The Labute approximate surface area is 195 Å². The van der Waals surface area contributed by atoms with Crippen LogP contribution in [0.5, 0.6) is 11.5 Å². The lowest BCUT2D eigenvalue weighted by molar-refractivity contribution is -0.118. The van der Waals surface area contributed by atoms with E-state index in [1.807, 2.05) is 24.3 Å². The molecule has 0 amide bonds. The molecule has 4 fully saturated rings. The van der Waals surface area contributed by atoms with E-state index in [2.05, 4.69) is 53.3 Å². The molecule has 2 aromatic carbocycles. The van der Waals surface area contributed by atoms with Crippen molar-refractivity contribution in [2.24, 2.45) is 16.7 Å². The second-order valence-corrected chi connectivity index (χ2v) is 12.1. The van der Waals surface area contributed by atoms with Crippen molar-refractivity contribution in [1.29, 1.82) is 0 Å². The smallest absolute Gasteiger partial charge is 0.166 e.